The molecule has 2 heterocycles. The predicted molar refractivity (Wildman–Crippen MR) is 125 cm³/mol. The first-order valence-corrected chi connectivity index (χ1v) is 11.7. The number of hydrogen-bond acceptors (Lipinski definition) is 5. The molecule has 0 spiro atoms. The maximum atomic E-state index is 13.4. The molecule has 3 unspecified atom stereocenters. The van der Waals surface area contributed by atoms with Gasteiger partial charge in [-0.25, -0.2) is 0 Å². The summed E-state index contributed by atoms with van der Waals surface area (Å²) in [6.45, 7) is 5.87. The average Bonchev–Trinajstić information content (AvgIpc) is 3.34. The molecule has 1 fully saturated rings. The molecule has 1 aromatic carbocycles. The van der Waals surface area contributed by atoms with Gasteiger partial charge in [-0.3, -0.25) is 19.1 Å². The molecule has 2 aromatic rings. The van der Waals surface area contributed by atoms with Crippen LogP contribution in [0.25, 0.3) is 0 Å². The first-order chi connectivity index (χ1) is 15.8. The minimum atomic E-state index is -0.971. The van der Waals surface area contributed by atoms with Gasteiger partial charge in [0.1, 0.15) is 0 Å². The molecule has 4 rings (SSSR count). The first-order valence-electron chi connectivity index (χ1n) is 11.7. The van der Waals surface area contributed by atoms with Crippen LogP contribution in [0.1, 0.15) is 49.6 Å². The number of benzene rings is 1. The van der Waals surface area contributed by atoms with Crippen molar-refractivity contribution < 1.29 is 19.1 Å². The lowest BCUT2D eigenvalue weighted by atomic mass is 9.78. The van der Waals surface area contributed by atoms with E-state index in [-0.39, 0.29) is 5.91 Å². The van der Waals surface area contributed by atoms with Gasteiger partial charge in [-0.2, -0.15) is 5.10 Å². The largest absolute Gasteiger partial charge is 0.452 e. The number of aromatic nitrogens is 2. The Labute approximate surface area is 194 Å². The number of fused-ring (bicyclic) bond motifs is 1. The van der Waals surface area contributed by atoms with Gasteiger partial charge in [-0.05, 0) is 51.7 Å². The maximum Gasteiger partial charge on any atom is 0.310 e. The molecule has 1 saturated carbocycles. The third-order valence-electron chi connectivity index (χ3n) is 6.96. The fourth-order valence-corrected chi connectivity index (χ4v) is 4.97. The molecule has 8 heteroatoms. The van der Waals surface area contributed by atoms with E-state index in [1.807, 2.05) is 43.0 Å². The molecule has 1 aliphatic heterocycles. The normalized spacial score (nSPS) is 20.8. The molecule has 0 bridgehead atoms. The molecule has 3 atom stereocenters. The molecule has 0 saturated heterocycles. The number of nitrogens with zero attached hydrogens (tertiary/aromatic N) is 3. The van der Waals surface area contributed by atoms with Crippen LogP contribution in [-0.2, 0) is 32.6 Å². The highest BCUT2D eigenvalue weighted by Crippen LogP contribution is 2.36. The number of rotatable bonds is 5. The van der Waals surface area contributed by atoms with E-state index in [1.165, 1.54) is 0 Å². The summed E-state index contributed by atoms with van der Waals surface area (Å²) in [4.78, 5) is 41.1. The number of hydrogen-bond donors (Lipinski definition) is 1. The van der Waals surface area contributed by atoms with Crippen LogP contribution in [0.2, 0.25) is 0 Å². The van der Waals surface area contributed by atoms with Crippen molar-refractivity contribution in [2.24, 2.45) is 18.9 Å². The summed E-state index contributed by atoms with van der Waals surface area (Å²) in [5.74, 6) is -1.84. The summed E-state index contributed by atoms with van der Waals surface area (Å²) in [6.07, 6.45) is 2.89. The lowest BCUT2D eigenvalue weighted by Gasteiger charge is -2.32. The third kappa shape index (κ3) is 4.51. The molecule has 1 aromatic heterocycles. The Bertz CT molecular complexity index is 1080. The van der Waals surface area contributed by atoms with Crippen LogP contribution < -0.4 is 10.2 Å². The highest BCUT2D eigenvalue weighted by atomic mass is 16.5. The molecule has 33 heavy (non-hydrogen) atoms. The SMILES string of the molecule is Cc1nn(C)c(C)c1NC(=O)C(C)OC(=O)C1CCCCC1C(=O)N1CCc2ccccc21. The number of carbonyl (C=O) groups excluding carboxylic acids is 3. The number of aryl methyl sites for hydroxylation is 2. The van der Waals surface area contributed by atoms with Gasteiger partial charge in [0.25, 0.3) is 5.91 Å². The van der Waals surface area contributed by atoms with Crippen LogP contribution in [0.3, 0.4) is 0 Å². The van der Waals surface area contributed by atoms with Crippen LogP contribution in [0.4, 0.5) is 11.4 Å². The second-order valence-electron chi connectivity index (χ2n) is 9.10. The van der Waals surface area contributed by atoms with E-state index >= 15 is 0 Å². The van der Waals surface area contributed by atoms with E-state index in [9.17, 15) is 14.4 Å². The first kappa shape index (κ1) is 23.0. The standard InChI is InChI=1S/C25H32N4O4/c1-15-22(16(2)28(4)27-15)26-23(30)17(3)33-25(32)20-11-7-6-10-19(20)24(31)29-14-13-18-9-5-8-12-21(18)29/h5,8-9,12,17,19-20H,6-7,10-11,13-14H2,1-4H3,(H,26,30). The van der Waals surface area contributed by atoms with E-state index in [0.29, 0.717) is 30.8 Å². The van der Waals surface area contributed by atoms with Crippen molar-refractivity contribution in [3.8, 4) is 0 Å². The molecule has 2 aliphatic rings. The van der Waals surface area contributed by atoms with E-state index in [2.05, 4.69) is 10.4 Å². The van der Waals surface area contributed by atoms with Crippen molar-refractivity contribution in [2.75, 3.05) is 16.8 Å². The number of anilines is 2. The van der Waals surface area contributed by atoms with Crippen LogP contribution >= 0.6 is 0 Å². The van der Waals surface area contributed by atoms with Gasteiger partial charge in [0.15, 0.2) is 6.10 Å². The van der Waals surface area contributed by atoms with Crippen molar-refractivity contribution in [1.29, 1.82) is 0 Å². The number of carbonyl (C=O) groups is 3. The number of ether oxygens (including phenoxy) is 1. The Kier molecular flexibility index (Phi) is 6.54. The Morgan fingerprint density at radius 1 is 1.12 bits per heavy atom. The van der Waals surface area contributed by atoms with Gasteiger partial charge in [0, 0.05) is 19.3 Å². The average molecular weight is 453 g/mol. The maximum absolute atomic E-state index is 13.4. The molecular formula is C25H32N4O4. The number of esters is 1. The summed E-state index contributed by atoms with van der Waals surface area (Å²) in [7, 11) is 1.81. The Hall–Kier alpha value is -3.16. The summed E-state index contributed by atoms with van der Waals surface area (Å²) in [5, 5.41) is 7.11. The summed E-state index contributed by atoms with van der Waals surface area (Å²) in [6, 6.07) is 7.92. The van der Waals surface area contributed by atoms with Gasteiger partial charge >= 0.3 is 5.97 Å². The smallest absolute Gasteiger partial charge is 0.310 e. The van der Waals surface area contributed by atoms with E-state index < -0.39 is 29.8 Å². The van der Waals surface area contributed by atoms with Crippen molar-refractivity contribution in [2.45, 2.75) is 59.0 Å². The lowest BCUT2D eigenvalue weighted by Crippen LogP contribution is -2.43. The van der Waals surface area contributed by atoms with Crippen molar-refractivity contribution in [3.05, 3.63) is 41.2 Å². The number of amides is 2. The van der Waals surface area contributed by atoms with Gasteiger partial charge in [-0.15, -0.1) is 0 Å². The second-order valence-corrected chi connectivity index (χ2v) is 9.10. The van der Waals surface area contributed by atoms with Crippen molar-refractivity contribution >= 4 is 29.2 Å². The quantitative estimate of drug-likeness (QED) is 0.703. The molecule has 176 valence electrons. The predicted octanol–water partition coefficient (Wildman–Crippen LogP) is 3.30. The van der Waals surface area contributed by atoms with E-state index in [0.717, 1.165) is 36.2 Å². The minimum Gasteiger partial charge on any atom is -0.452 e. The molecule has 1 N–H and O–H groups in total. The van der Waals surface area contributed by atoms with Crippen LogP contribution in [0, 0.1) is 25.7 Å². The number of para-hydroxylation sites is 1. The Morgan fingerprint density at radius 3 is 2.52 bits per heavy atom. The van der Waals surface area contributed by atoms with Gasteiger partial charge in [0.2, 0.25) is 5.91 Å². The Morgan fingerprint density at radius 2 is 1.82 bits per heavy atom. The van der Waals surface area contributed by atoms with Crippen molar-refractivity contribution in [3.63, 3.8) is 0 Å². The molecule has 8 nitrogen and oxygen atoms in total. The zero-order valence-corrected chi connectivity index (χ0v) is 19.8. The fraction of sp³-hybridized carbons (Fsp3) is 0.520. The van der Waals surface area contributed by atoms with Gasteiger partial charge in [-0.1, -0.05) is 31.0 Å². The topological polar surface area (TPSA) is 93.5 Å². The molecule has 0 radical (unpaired) electrons. The van der Waals surface area contributed by atoms with Crippen LogP contribution in [0.5, 0.6) is 0 Å². The van der Waals surface area contributed by atoms with Gasteiger partial charge < -0.3 is 15.0 Å². The minimum absolute atomic E-state index is 0.0136. The molecule has 2 amide bonds. The highest BCUT2D eigenvalue weighted by molar-refractivity contribution is 6.00. The van der Waals surface area contributed by atoms with Crippen molar-refractivity contribution in [1.82, 2.24) is 9.78 Å². The zero-order chi connectivity index (χ0) is 23.7. The monoisotopic (exact) mass is 452 g/mol. The van der Waals surface area contributed by atoms with Crippen LogP contribution in [0.15, 0.2) is 24.3 Å². The summed E-state index contributed by atoms with van der Waals surface area (Å²) in [5.41, 5.74) is 4.25. The third-order valence-corrected chi connectivity index (χ3v) is 6.96. The number of nitrogens with one attached hydrogen (secondary N) is 1. The lowest BCUT2D eigenvalue weighted by molar-refractivity contribution is -0.161. The van der Waals surface area contributed by atoms with Gasteiger partial charge in [0.05, 0.1) is 28.9 Å². The zero-order valence-electron chi connectivity index (χ0n) is 19.8. The summed E-state index contributed by atoms with van der Waals surface area (Å²) < 4.78 is 7.26. The van der Waals surface area contributed by atoms with E-state index in [1.54, 1.807) is 18.7 Å². The fourth-order valence-electron chi connectivity index (χ4n) is 4.97. The van der Waals surface area contributed by atoms with Crippen LogP contribution in [-0.4, -0.2) is 40.2 Å². The van der Waals surface area contributed by atoms with E-state index in [4.69, 9.17) is 4.74 Å². The summed E-state index contributed by atoms with van der Waals surface area (Å²) >= 11 is 0. The Balaban J connectivity index is 1.43. The molecule has 1 aliphatic carbocycles. The second kappa shape index (κ2) is 9.37. The highest BCUT2D eigenvalue weighted by Gasteiger charge is 2.41. The molecular weight excluding hydrogens is 420 g/mol.